The second-order valence-corrected chi connectivity index (χ2v) is 8.50. The van der Waals surface area contributed by atoms with Crippen LogP contribution < -0.4 is 24.8 Å². The van der Waals surface area contributed by atoms with Gasteiger partial charge in [0.05, 0.1) is 26.2 Å². The fraction of sp³-hybridized carbons (Fsp3) is 0.350. The van der Waals surface area contributed by atoms with Crippen molar-refractivity contribution in [2.45, 2.75) is 31.3 Å². The Morgan fingerprint density at radius 2 is 1.79 bits per heavy atom. The molecule has 2 aromatic rings. The molecule has 0 spiro atoms. The number of hydrogen-bond donors (Lipinski definition) is 3. The number of likely N-dealkylation sites (N-methyl/N-ethyl adjacent to an activating group) is 1. The zero-order chi connectivity index (χ0) is 21.8. The number of hydrogen-bond acceptors (Lipinski definition) is 5. The summed E-state index contributed by atoms with van der Waals surface area (Å²) in [6.07, 6.45) is 0. The summed E-state index contributed by atoms with van der Waals surface area (Å²) in [6, 6.07) is 9.31. The van der Waals surface area contributed by atoms with E-state index < -0.39 is 10.0 Å². The van der Waals surface area contributed by atoms with Gasteiger partial charge in [0.1, 0.15) is 6.54 Å². The van der Waals surface area contributed by atoms with Crippen molar-refractivity contribution < 1.29 is 27.6 Å². The van der Waals surface area contributed by atoms with Crippen molar-refractivity contribution in [3.05, 3.63) is 47.5 Å². The van der Waals surface area contributed by atoms with Crippen LogP contribution in [0, 0.1) is 6.92 Å². The Hall–Kier alpha value is -2.62. The van der Waals surface area contributed by atoms with Crippen LogP contribution in [0.15, 0.2) is 41.3 Å². The van der Waals surface area contributed by atoms with E-state index in [1.165, 1.54) is 18.2 Å². The Morgan fingerprint density at radius 1 is 1.17 bits per heavy atom. The van der Waals surface area contributed by atoms with Crippen LogP contribution in [-0.2, 0) is 21.4 Å². The number of ether oxygens (including phenoxy) is 2. The SMILES string of the molecule is COc1cc(C)c(C[NH+](C)[C@@H](C)C(=O)Nc2cccc(S(N)(=O)=O)c2)cc1OC. The van der Waals surface area contributed by atoms with Gasteiger partial charge in [0.15, 0.2) is 17.5 Å². The number of rotatable bonds is 8. The molecule has 0 aliphatic heterocycles. The molecular weight excluding hydrogens is 394 g/mol. The van der Waals surface area contributed by atoms with Gasteiger partial charge in [0.25, 0.3) is 5.91 Å². The Morgan fingerprint density at radius 3 is 2.38 bits per heavy atom. The highest BCUT2D eigenvalue weighted by molar-refractivity contribution is 7.89. The van der Waals surface area contributed by atoms with Crippen molar-refractivity contribution in [3.8, 4) is 11.5 Å². The van der Waals surface area contributed by atoms with Crippen LogP contribution >= 0.6 is 0 Å². The predicted molar refractivity (Wildman–Crippen MR) is 111 cm³/mol. The first-order valence-electron chi connectivity index (χ1n) is 9.04. The van der Waals surface area contributed by atoms with Gasteiger partial charge < -0.3 is 19.7 Å². The normalized spacial score (nSPS) is 13.4. The molecule has 0 heterocycles. The summed E-state index contributed by atoms with van der Waals surface area (Å²) in [5.41, 5.74) is 2.45. The highest BCUT2D eigenvalue weighted by atomic mass is 32.2. The van der Waals surface area contributed by atoms with Gasteiger partial charge in [-0.3, -0.25) is 4.79 Å². The summed E-state index contributed by atoms with van der Waals surface area (Å²) in [5, 5.41) is 7.90. The molecule has 2 rings (SSSR count). The quantitative estimate of drug-likeness (QED) is 0.580. The van der Waals surface area contributed by atoms with Gasteiger partial charge in [-0.1, -0.05) is 6.07 Å². The number of sulfonamides is 1. The summed E-state index contributed by atoms with van der Waals surface area (Å²) in [4.78, 5) is 13.6. The Labute approximate surface area is 171 Å². The minimum atomic E-state index is -3.83. The molecule has 0 saturated heterocycles. The molecule has 0 aliphatic rings. The number of nitrogens with one attached hydrogen (secondary N) is 2. The molecule has 0 fully saturated rings. The lowest BCUT2D eigenvalue weighted by atomic mass is 10.1. The number of aryl methyl sites for hydroxylation is 1. The largest absolute Gasteiger partial charge is 0.493 e. The molecule has 29 heavy (non-hydrogen) atoms. The highest BCUT2D eigenvalue weighted by Crippen LogP contribution is 2.29. The number of methoxy groups -OCH3 is 2. The maximum atomic E-state index is 12.7. The summed E-state index contributed by atoms with van der Waals surface area (Å²) in [7, 11) is 1.26. The van der Waals surface area contributed by atoms with Gasteiger partial charge in [-0.05, 0) is 49.7 Å². The molecule has 2 atom stereocenters. The molecule has 4 N–H and O–H groups in total. The number of carbonyl (C=O) groups excluding carboxylic acids is 1. The van der Waals surface area contributed by atoms with E-state index in [1.54, 1.807) is 20.3 Å². The average Bonchev–Trinajstić information content (AvgIpc) is 2.67. The Bertz CT molecular complexity index is 992. The van der Waals surface area contributed by atoms with Gasteiger partial charge >= 0.3 is 0 Å². The van der Waals surface area contributed by atoms with E-state index in [-0.39, 0.29) is 16.8 Å². The monoisotopic (exact) mass is 422 g/mol. The third-order valence-corrected chi connectivity index (χ3v) is 5.78. The van der Waals surface area contributed by atoms with Gasteiger partial charge in [-0.25, -0.2) is 13.6 Å². The third-order valence-electron chi connectivity index (χ3n) is 4.87. The molecule has 0 aliphatic carbocycles. The second kappa shape index (κ2) is 9.25. The first kappa shape index (κ1) is 22.7. The molecule has 1 unspecified atom stereocenters. The van der Waals surface area contributed by atoms with Crippen molar-refractivity contribution >= 4 is 21.6 Å². The molecular formula is C20H28N3O5S+. The average molecular weight is 423 g/mol. The fourth-order valence-electron chi connectivity index (χ4n) is 2.89. The molecule has 0 aromatic heterocycles. The van der Waals surface area contributed by atoms with Crippen LogP contribution in [0.1, 0.15) is 18.1 Å². The van der Waals surface area contributed by atoms with Crippen LogP contribution in [0.3, 0.4) is 0 Å². The lowest BCUT2D eigenvalue weighted by molar-refractivity contribution is -0.907. The molecule has 158 valence electrons. The fourth-order valence-corrected chi connectivity index (χ4v) is 3.45. The van der Waals surface area contributed by atoms with Crippen molar-refractivity contribution in [2.75, 3.05) is 26.6 Å². The minimum Gasteiger partial charge on any atom is -0.493 e. The van der Waals surface area contributed by atoms with Gasteiger partial charge in [-0.15, -0.1) is 0 Å². The zero-order valence-corrected chi connectivity index (χ0v) is 18.1. The lowest BCUT2D eigenvalue weighted by Gasteiger charge is -2.22. The van der Waals surface area contributed by atoms with Crippen LogP contribution in [0.5, 0.6) is 11.5 Å². The first-order valence-corrected chi connectivity index (χ1v) is 10.6. The molecule has 1 amide bonds. The van der Waals surface area contributed by atoms with E-state index in [0.29, 0.717) is 23.7 Å². The van der Waals surface area contributed by atoms with Crippen molar-refractivity contribution in [1.29, 1.82) is 0 Å². The van der Waals surface area contributed by atoms with E-state index >= 15 is 0 Å². The summed E-state index contributed by atoms with van der Waals surface area (Å²) >= 11 is 0. The number of nitrogens with two attached hydrogens (primary N) is 1. The van der Waals surface area contributed by atoms with E-state index in [4.69, 9.17) is 14.6 Å². The number of amides is 1. The molecule has 0 radical (unpaired) electrons. The Balaban J connectivity index is 2.12. The number of benzene rings is 2. The van der Waals surface area contributed by atoms with E-state index in [9.17, 15) is 13.2 Å². The number of quaternary nitrogens is 1. The molecule has 9 heteroatoms. The molecule has 2 aromatic carbocycles. The van der Waals surface area contributed by atoms with Crippen molar-refractivity contribution in [2.24, 2.45) is 5.14 Å². The van der Waals surface area contributed by atoms with Gasteiger partial charge in [0.2, 0.25) is 10.0 Å². The van der Waals surface area contributed by atoms with E-state index in [2.05, 4.69) is 5.32 Å². The van der Waals surface area contributed by atoms with Crippen molar-refractivity contribution in [1.82, 2.24) is 0 Å². The summed E-state index contributed by atoms with van der Waals surface area (Å²) in [6.45, 7) is 4.39. The zero-order valence-electron chi connectivity index (χ0n) is 17.3. The van der Waals surface area contributed by atoms with Gasteiger partial charge in [0, 0.05) is 11.3 Å². The van der Waals surface area contributed by atoms with Gasteiger partial charge in [-0.2, -0.15) is 0 Å². The molecule has 8 nitrogen and oxygen atoms in total. The standard InChI is InChI=1S/C20H27N3O5S/c1-13-9-18(27-4)19(28-5)10-15(13)12-23(3)14(2)20(24)22-16-7-6-8-17(11-16)29(21,25)26/h6-11,14H,12H2,1-5H3,(H,22,24)(H2,21,25,26)/p+1/t14-/m0/s1. The minimum absolute atomic E-state index is 0.0513. The molecule has 0 bridgehead atoms. The van der Waals surface area contributed by atoms with Crippen LogP contribution in [0.4, 0.5) is 5.69 Å². The lowest BCUT2D eigenvalue weighted by Crippen LogP contribution is -3.12. The molecule has 0 saturated carbocycles. The predicted octanol–water partition coefficient (Wildman–Crippen LogP) is 0.702. The number of primary sulfonamides is 1. The topological polar surface area (TPSA) is 112 Å². The van der Waals surface area contributed by atoms with Crippen LogP contribution in [0.2, 0.25) is 0 Å². The smallest absolute Gasteiger partial charge is 0.282 e. The maximum absolute atomic E-state index is 12.7. The maximum Gasteiger partial charge on any atom is 0.282 e. The van der Waals surface area contributed by atoms with Crippen LogP contribution in [0.25, 0.3) is 0 Å². The number of carbonyl (C=O) groups is 1. The summed E-state index contributed by atoms with van der Waals surface area (Å²) in [5.74, 6) is 1.07. The van der Waals surface area contributed by atoms with E-state index in [0.717, 1.165) is 16.0 Å². The Kier molecular flexibility index (Phi) is 7.23. The van der Waals surface area contributed by atoms with E-state index in [1.807, 2.05) is 33.0 Å². The number of anilines is 1. The van der Waals surface area contributed by atoms with Crippen molar-refractivity contribution in [3.63, 3.8) is 0 Å². The first-order chi connectivity index (χ1) is 13.6. The second-order valence-electron chi connectivity index (χ2n) is 6.94. The van der Waals surface area contributed by atoms with Crippen LogP contribution in [-0.4, -0.2) is 41.6 Å². The third kappa shape index (κ3) is 5.69. The highest BCUT2D eigenvalue weighted by Gasteiger charge is 2.23. The summed E-state index contributed by atoms with van der Waals surface area (Å²) < 4.78 is 33.7.